The van der Waals surface area contributed by atoms with Gasteiger partial charge >= 0.3 is 0 Å². The van der Waals surface area contributed by atoms with Crippen LogP contribution in [0.25, 0.3) is 10.9 Å². The second-order valence-electron chi connectivity index (χ2n) is 9.81. The molecule has 5 nitrogen and oxygen atoms in total. The molecule has 4 aromatic rings. The van der Waals surface area contributed by atoms with Crippen LogP contribution >= 0.6 is 0 Å². The number of aryl methyl sites for hydroxylation is 1. The van der Waals surface area contributed by atoms with Crippen molar-refractivity contribution in [3.8, 4) is 0 Å². The first kappa shape index (κ1) is 24.2. The summed E-state index contributed by atoms with van der Waals surface area (Å²) in [6.07, 6.45) is 5.77. The summed E-state index contributed by atoms with van der Waals surface area (Å²) in [5.41, 5.74) is 3.51. The van der Waals surface area contributed by atoms with E-state index in [1.165, 1.54) is 11.6 Å². The van der Waals surface area contributed by atoms with E-state index in [0.29, 0.717) is 23.3 Å². The lowest BCUT2D eigenvalue weighted by atomic mass is 9.84. The van der Waals surface area contributed by atoms with E-state index in [0.717, 1.165) is 43.4 Å². The van der Waals surface area contributed by atoms with Crippen molar-refractivity contribution in [3.05, 3.63) is 101 Å². The molecule has 2 aromatic carbocycles. The molecule has 0 N–H and O–H groups in total. The summed E-state index contributed by atoms with van der Waals surface area (Å²) >= 11 is 0. The summed E-state index contributed by atoms with van der Waals surface area (Å²) in [6, 6.07) is 19.0. The molecule has 5 rings (SSSR count). The molecule has 1 atom stereocenters. The molecule has 6 heteroatoms. The molecule has 1 aliphatic rings. The van der Waals surface area contributed by atoms with Crippen LogP contribution < -0.4 is 0 Å². The lowest BCUT2D eigenvalue weighted by Gasteiger charge is -2.40. The fourth-order valence-electron chi connectivity index (χ4n) is 5.43. The third-order valence-electron chi connectivity index (χ3n) is 7.54. The van der Waals surface area contributed by atoms with E-state index in [9.17, 15) is 9.18 Å². The first-order valence-corrected chi connectivity index (χ1v) is 12.6. The molecule has 36 heavy (non-hydrogen) atoms. The van der Waals surface area contributed by atoms with Crippen molar-refractivity contribution in [3.63, 3.8) is 0 Å². The van der Waals surface area contributed by atoms with Crippen LogP contribution in [0, 0.1) is 18.7 Å². The maximum Gasteiger partial charge on any atom is 0.257 e. The Labute approximate surface area is 211 Å². The van der Waals surface area contributed by atoms with Crippen molar-refractivity contribution in [2.75, 3.05) is 20.1 Å². The lowest BCUT2D eigenvalue weighted by molar-refractivity contribution is 0.0582. The Kier molecular flexibility index (Phi) is 7.14. The Morgan fingerprint density at radius 1 is 1.14 bits per heavy atom. The Morgan fingerprint density at radius 3 is 2.69 bits per heavy atom. The summed E-state index contributed by atoms with van der Waals surface area (Å²) in [7, 11) is 1.84. The molecular formula is C30H32FN3O2. The molecule has 1 fully saturated rings. The predicted molar refractivity (Wildman–Crippen MR) is 139 cm³/mol. The molecule has 1 amide bonds. The average Bonchev–Trinajstić information content (AvgIpc) is 3.33. The van der Waals surface area contributed by atoms with E-state index < -0.39 is 0 Å². The average molecular weight is 486 g/mol. The smallest absolute Gasteiger partial charge is 0.257 e. The number of fused-ring (bicyclic) bond motifs is 1. The fourth-order valence-corrected chi connectivity index (χ4v) is 5.43. The summed E-state index contributed by atoms with van der Waals surface area (Å²) < 4.78 is 20.0. The van der Waals surface area contributed by atoms with Crippen LogP contribution in [0.4, 0.5) is 4.39 Å². The lowest BCUT2D eigenvalue weighted by Crippen LogP contribution is -2.47. The van der Waals surface area contributed by atoms with Gasteiger partial charge in [-0.2, -0.15) is 0 Å². The number of pyridine rings is 1. The molecule has 0 bridgehead atoms. The maximum atomic E-state index is 14.6. The van der Waals surface area contributed by atoms with Crippen molar-refractivity contribution in [2.45, 2.75) is 38.8 Å². The second kappa shape index (κ2) is 10.6. The first-order chi connectivity index (χ1) is 17.5. The number of rotatable bonds is 7. The number of likely N-dealkylation sites (tertiary alicyclic amines) is 1. The SMILES string of the molecule is Cc1occc1C(=O)N(C)[C@H](Cc1ccccc1F)C1CCN(Cc2ccc3ncccc3c2)CC1. The number of likely N-dealkylation sites (N-methyl/N-ethyl adjacent to an activating group) is 1. The summed E-state index contributed by atoms with van der Waals surface area (Å²) in [6.45, 7) is 4.57. The summed E-state index contributed by atoms with van der Waals surface area (Å²) in [4.78, 5) is 22.0. The first-order valence-electron chi connectivity index (χ1n) is 12.6. The van der Waals surface area contributed by atoms with Crippen LogP contribution in [0.5, 0.6) is 0 Å². The van der Waals surface area contributed by atoms with Crippen LogP contribution in [-0.2, 0) is 13.0 Å². The van der Waals surface area contributed by atoms with Gasteiger partial charge in [0.2, 0.25) is 0 Å². The highest BCUT2D eigenvalue weighted by Crippen LogP contribution is 2.29. The number of nitrogens with zero attached hydrogens (tertiary/aromatic N) is 3. The van der Waals surface area contributed by atoms with Gasteiger partial charge in [-0.25, -0.2) is 4.39 Å². The van der Waals surface area contributed by atoms with Crippen molar-refractivity contribution in [1.82, 2.24) is 14.8 Å². The molecule has 0 saturated carbocycles. The number of amides is 1. The zero-order valence-electron chi connectivity index (χ0n) is 20.9. The highest BCUT2D eigenvalue weighted by Gasteiger charge is 2.33. The van der Waals surface area contributed by atoms with Gasteiger partial charge in [0.1, 0.15) is 11.6 Å². The summed E-state index contributed by atoms with van der Waals surface area (Å²) in [5, 5.41) is 1.16. The van der Waals surface area contributed by atoms with Crippen molar-refractivity contribution < 1.29 is 13.6 Å². The van der Waals surface area contributed by atoms with Gasteiger partial charge in [0.15, 0.2) is 0 Å². The van der Waals surface area contributed by atoms with Crippen LogP contribution in [0.1, 0.15) is 40.1 Å². The van der Waals surface area contributed by atoms with E-state index in [1.54, 1.807) is 30.2 Å². The molecule has 0 unspecified atom stereocenters. The molecule has 0 aliphatic carbocycles. The second-order valence-corrected chi connectivity index (χ2v) is 9.81. The zero-order valence-corrected chi connectivity index (χ0v) is 20.9. The van der Waals surface area contributed by atoms with Crippen LogP contribution in [0.2, 0.25) is 0 Å². The van der Waals surface area contributed by atoms with Gasteiger partial charge in [-0.1, -0.05) is 30.3 Å². The minimum absolute atomic E-state index is 0.0743. The Balaban J connectivity index is 1.30. The standard InChI is InChI=1S/C30H32FN3O2/c1-21-26(13-17-36-21)30(35)33(2)29(19-24-6-3-4-8-27(24)31)23-11-15-34(16-12-23)20-22-9-10-28-25(18-22)7-5-14-32-28/h3-10,13-14,17-18,23,29H,11-12,15-16,19-20H2,1-2H3/t29-/m1/s1. The summed E-state index contributed by atoms with van der Waals surface area (Å²) in [5.74, 6) is 0.598. The third-order valence-corrected chi connectivity index (χ3v) is 7.54. The molecule has 186 valence electrons. The van der Waals surface area contributed by atoms with E-state index in [2.05, 4.69) is 34.1 Å². The normalized spacial score (nSPS) is 15.8. The Morgan fingerprint density at radius 2 is 1.94 bits per heavy atom. The van der Waals surface area contributed by atoms with Gasteiger partial charge in [0.25, 0.3) is 5.91 Å². The molecular weight excluding hydrogens is 453 g/mol. The highest BCUT2D eigenvalue weighted by atomic mass is 19.1. The molecule has 0 spiro atoms. The van der Waals surface area contributed by atoms with Crippen molar-refractivity contribution in [2.24, 2.45) is 5.92 Å². The van der Waals surface area contributed by atoms with Crippen LogP contribution in [0.15, 0.2) is 77.5 Å². The minimum atomic E-state index is -0.217. The minimum Gasteiger partial charge on any atom is -0.469 e. The van der Waals surface area contributed by atoms with Crippen LogP contribution in [0.3, 0.4) is 0 Å². The number of carbonyl (C=O) groups excluding carboxylic acids is 1. The topological polar surface area (TPSA) is 49.6 Å². The molecule has 1 aliphatic heterocycles. The van der Waals surface area contributed by atoms with E-state index in [4.69, 9.17) is 4.42 Å². The monoisotopic (exact) mass is 485 g/mol. The highest BCUT2D eigenvalue weighted by molar-refractivity contribution is 5.95. The number of carbonyl (C=O) groups is 1. The largest absolute Gasteiger partial charge is 0.469 e. The third kappa shape index (κ3) is 5.19. The van der Waals surface area contributed by atoms with Gasteiger partial charge in [-0.05, 0) is 86.7 Å². The van der Waals surface area contributed by atoms with Gasteiger partial charge < -0.3 is 9.32 Å². The van der Waals surface area contributed by atoms with Crippen molar-refractivity contribution in [1.29, 1.82) is 0 Å². The van der Waals surface area contributed by atoms with Crippen molar-refractivity contribution >= 4 is 16.8 Å². The van der Waals surface area contributed by atoms with Gasteiger partial charge in [-0.3, -0.25) is 14.7 Å². The molecule has 0 radical (unpaired) electrons. The zero-order chi connectivity index (χ0) is 25.1. The van der Waals surface area contributed by atoms with Gasteiger partial charge in [0.05, 0.1) is 17.3 Å². The Bertz CT molecular complexity index is 1340. The van der Waals surface area contributed by atoms with Crippen LogP contribution in [-0.4, -0.2) is 46.9 Å². The number of hydrogen-bond donors (Lipinski definition) is 0. The molecule has 1 saturated heterocycles. The molecule has 3 heterocycles. The number of hydrogen-bond acceptors (Lipinski definition) is 4. The van der Waals surface area contributed by atoms with Gasteiger partial charge in [0, 0.05) is 31.2 Å². The number of piperidine rings is 1. The van der Waals surface area contributed by atoms with E-state index >= 15 is 0 Å². The quantitative estimate of drug-likeness (QED) is 0.328. The van der Waals surface area contributed by atoms with E-state index in [1.807, 2.05) is 31.4 Å². The molecule has 2 aromatic heterocycles. The number of benzene rings is 2. The van der Waals surface area contributed by atoms with E-state index in [-0.39, 0.29) is 23.7 Å². The van der Waals surface area contributed by atoms with Gasteiger partial charge in [-0.15, -0.1) is 0 Å². The Hall–Kier alpha value is -3.51. The predicted octanol–water partition coefficient (Wildman–Crippen LogP) is 5.87. The maximum absolute atomic E-state index is 14.6. The number of halogens is 1. The number of aromatic nitrogens is 1. The fraction of sp³-hybridized carbons (Fsp3) is 0.333. The number of furan rings is 1.